The lowest BCUT2D eigenvalue weighted by Crippen LogP contribution is -2.48. The summed E-state index contributed by atoms with van der Waals surface area (Å²) in [6, 6.07) is 13.4. The fourth-order valence-electron chi connectivity index (χ4n) is 2.39. The summed E-state index contributed by atoms with van der Waals surface area (Å²) in [6.07, 6.45) is 0. The lowest BCUT2D eigenvalue weighted by Gasteiger charge is -2.29. The van der Waals surface area contributed by atoms with Crippen LogP contribution in [0.15, 0.2) is 48.5 Å². The highest BCUT2D eigenvalue weighted by Crippen LogP contribution is 2.26. The second-order valence-corrected chi connectivity index (χ2v) is 6.43. The van der Waals surface area contributed by atoms with E-state index >= 15 is 0 Å². The summed E-state index contributed by atoms with van der Waals surface area (Å²) < 4.78 is 5.52. The molecule has 7 heteroatoms. The van der Waals surface area contributed by atoms with E-state index in [1.54, 1.807) is 37.3 Å². The Labute approximate surface area is 162 Å². The largest absolute Gasteiger partial charge is 0.484 e. The van der Waals surface area contributed by atoms with E-state index in [9.17, 15) is 9.59 Å². The maximum absolute atomic E-state index is 12.7. The summed E-state index contributed by atoms with van der Waals surface area (Å²) >= 11 is 12.4. The zero-order valence-corrected chi connectivity index (χ0v) is 16.1. The third kappa shape index (κ3) is 5.13. The first kappa shape index (κ1) is 20.1. The summed E-state index contributed by atoms with van der Waals surface area (Å²) in [5.41, 5.74) is 0.583. The van der Waals surface area contributed by atoms with Gasteiger partial charge in [0.25, 0.3) is 5.91 Å². The summed E-state index contributed by atoms with van der Waals surface area (Å²) in [6.45, 7) is 1.54. The van der Waals surface area contributed by atoms with Crippen molar-refractivity contribution in [3.8, 4) is 5.75 Å². The van der Waals surface area contributed by atoms with Gasteiger partial charge in [-0.05, 0) is 31.2 Å². The van der Waals surface area contributed by atoms with Crippen LogP contribution < -0.4 is 10.1 Å². The molecule has 0 aliphatic rings. The number of carbonyl (C=O) groups excluding carboxylic acids is 2. The quantitative estimate of drug-likeness (QED) is 0.780. The maximum atomic E-state index is 12.7. The third-order valence-electron chi connectivity index (χ3n) is 3.91. The van der Waals surface area contributed by atoms with E-state index in [0.717, 1.165) is 0 Å². The average Bonchev–Trinajstić information content (AvgIpc) is 2.65. The topological polar surface area (TPSA) is 58.6 Å². The molecule has 2 amide bonds. The van der Waals surface area contributed by atoms with Gasteiger partial charge in [-0.2, -0.15) is 0 Å². The van der Waals surface area contributed by atoms with Gasteiger partial charge in [-0.25, -0.2) is 0 Å². The standard InChI is InChI=1S/C19H20Cl2N2O3/c1-13(19(25)22-2)23(11-15-16(20)9-6-10-17(15)21)18(24)12-26-14-7-4-3-5-8-14/h3-10,13H,11-12H2,1-2H3,(H,22,25). The number of benzene rings is 2. The Balaban J connectivity index is 2.20. The molecule has 0 saturated carbocycles. The van der Waals surface area contributed by atoms with Gasteiger partial charge in [-0.15, -0.1) is 0 Å². The minimum Gasteiger partial charge on any atom is -0.484 e. The number of para-hydroxylation sites is 1. The predicted molar refractivity (Wildman–Crippen MR) is 102 cm³/mol. The van der Waals surface area contributed by atoms with Gasteiger partial charge in [-0.1, -0.05) is 47.5 Å². The fraction of sp³-hybridized carbons (Fsp3) is 0.263. The van der Waals surface area contributed by atoms with Gasteiger partial charge in [0.15, 0.2) is 6.61 Å². The highest BCUT2D eigenvalue weighted by Gasteiger charge is 2.27. The van der Waals surface area contributed by atoms with E-state index in [1.807, 2.05) is 18.2 Å². The van der Waals surface area contributed by atoms with Crippen molar-refractivity contribution >= 4 is 35.0 Å². The molecular weight excluding hydrogens is 375 g/mol. The van der Waals surface area contributed by atoms with E-state index in [2.05, 4.69) is 5.32 Å². The normalized spacial score (nSPS) is 11.5. The lowest BCUT2D eigenvalue weighted by molar-refractivity contribution is -0.142. The first-order chi connectivity index (χ1) is 12.4. The van der Waals surface area contributed by atoms with Crippen molar-refractivity contribution < 1.29 is 14.3 Å². The fourth-order valence-corrected chi connectivity index (χ4v) is 2.91. The molecule has 2 aromatic carbocycles. The van der Waals surface area contributed by atoms with Gasteiger partial charge < -0.3 is 15.0 Å². The number of nitrogens with one attached hydrogen (secondary N) is 1. The van der Waals surface area contributed by atoms with Crippen molar-refractivity contribution in [2.24, 2.45) is 0 Å². The number of carbonyl (C=O) groups is 2. The van der Waals surface area contributed by atoms with E-state index in [1.165, 1.54) is 11.9 Å². The minimum absolute atomic E-state index is 0.101. The summed E-state index contributed by atoms with van der Waals surface area (Å²) in [5, 5.41) is 3.42. The first-order valence-corrected chi connectivity index (χ1v) is 8.81. The summed E-state index contributed by atoms with van der Waals surface area (Å²) in [5.74, 6) is -0.0636. The number of amides is 2. The van der Waals surface area contributed by atoms with Crippen LogP contribution in [0, 0.1) is 0 Å². The molecule has 138 valence electrons. The molecule has 2 rings (SSSR count). The smallest absolute Gasteiger partial charge is 0.261 e. The Morgan fingerprint density at radius 3 is 2.27 bits per heavy atom. The molecule has 0 saturated heterocycles. The molecule has 26 heavy (non-hydrogen) atoms. The highest BCUT2D eigenvalue weighted by molar-refractivity contribution is 6.36. The van der Waals surface area contributed by atoms with Crippen LogP contribution in [0.3, 0.4) is 0 Å². The zero-order chi connectivity index (χ0) is 19.1. The molecule has 0 aliphatic heterocycles. The average molecular weight is 395 g/mol. The molecule has 5 nitrogen and oxygen atoms in total. The van der Waals surface area contributed by atoms with Crippen LogP contribution in [0.5, 0.6) is 5.75 Å². The van der Waals surface area contributed by atoms with Crippen molar-refractivity contribution in [2.45, 2.75) is 19.5 Å². The molecule has 0 radical (unpaired) electrons. The van der Waals surface area contributed by atoms with Crippen LogP contribution in [0.2, 0.25) is 10.0 Å². The molecule has 0 heterocycles. The number of hydrogen-bond donors (Lipinski definition) is 1. The summed E-state index contributed by atoms with van der Waals surface area (Å²) in [4.78, 5) is 26.2. The Hall–Kier alpha value is -2.24. The monoisotopic (exact) mass is 394 g/mol. The Morgan fingerprint density at radius 1 is 1.08 bits per heavy atom. The third-order valence-corrected chi connectivity index (χ3v) is 4.62. The van der Waals surface area contributed by atoms with Crippen LogP contribution in [0.1, 0.15) is 12.5 Å². The molecular formula is C19H20Cl2N2O3. The lowest BCUT2D eigenvalue weighted by atomic mass is 10.1. The highest BCUT2D eigenvalue weighted by atomic mass is 35.5. The number of hydrogen-bond acceptors (Lipinski definition) is 3. The van der Waals surface area contributed by atoms with Gasteiger partial charge in [-0.3, -0.25) is 9.59 Å². The molecule has 0 aromatic heterocycles. The Kier molecular flexibility index (Phi) is 7.30. The van der Waals surface area contributed by atoms with E-state index < -0.39 is 6.04 Å². The van der Waals surface area contributed by atoms with Crippen LogP contribution >= 0.6 is 23.2 Å². The number of nitrogens with zero attached hydrogens (tertiary/aromatic N) is 1. The summed E-state index contributed by atoms with van der Waals surface area (Å²) in [7, 11) is 1.52. The molecule has 2 aromatic rings. The van der Waals surface area contributed by atoms with Crippen LogP contribution in [-0.2, 0) is 16.1 Å². The van der Waals surface area contributed by atoms with Gasteiger partial charge in [0, 0.05) is 29.2 Å². The van der Waals surface area contributed by atoms with E-state index in [4.69, 9.17) is 27.9 Å². The second kappa shape index (κ2) is 9.46. The molecule has 1 atom stereocenters. The van der Waals surface area contributed by atoms with Crippen molar-refractivity contribution in [1.82, 2.24) is 10.2 Å². The van der Waals surface area contributed by atoms with Crippen LogP contribution in [0.4, 0.5) is 0 Å². The Morgan fingerprint density at radius 2 is 1.69 bits per heavy atom. The molecule has 0 spiro atoms. The number of likely N-dealkylation sites (N-methyl/N-ethyl adjacent to an activating group) is 1. The van der Waals surface area contributed by atoms with E-state index in [-0.39, 0.29) is 25.0 Å². The number of ether oxygens (including phenoxy) is 1. The molecule has 0 bridgehead atoms. The van der Waals surface area contributed by atoms with Gasteiger partial charge in [0.2, 0.25) is 5.91 Å². The minimum atomic E-state index is -0.709. The van der Waals surface area contributed by atoms with Crippen molar-refractivity contribution in [2.75, 3.05) is 13.7 Å². The van der Waals surface area contributed by atoms with Crippen molar-refractivity contribution in [3.05, 3.63) is 64.1 Å². The van der Waals surface area contributed by atoms with Gasteiger partial charge in [0.1, 0.15) is 11.8 Å². The van der Waals surface area contributed by atoms with Crippen molar-refractivity contribution in [1.29, 1.82) is 0 Å². The molecule has 0 aliphatic carbocycles. The van der Waals surface area contributed by atoms with Gasteiger partial charge in [0.05, 0.1) is 0 Å². The Bertz CT molecular complexity index is 748. The first-order valence-electron chi connectivity index (χ1n) is 8.05. The zero-order valence-electron chi connectivity index (χ0n) is 14.5. The van der Waals surface area contributed by atoms with Crippen LogP contribution in [0.25, 0.3) is 0 Å². The SMILES string of the molecule is CNC(=O)C(C)N(Cc1c(Cl)cccc1Cl)C(=O)COc1ccccc1. The molecule has 0 fully saturated rings. The second-order valence-electron chi connectivity index (χ2n) is 5.61. The number of rotatable bonds is 7. The number of halogens is 2. The molecule has 1 unspecified atom stereocenters. The predicted octanol–water partition coefficient (Wildman–Crippen LogP) is 3.54. The van der Waals surface area contributed by atoms with Crippen LogP contribution in [-0.4, -0.2) is 36.4 Å². The molecule has 1 N–H and O–H groups in total. The maximum Gasteiger partial charge on any atom is 0.261 e. The van der Waals surface area contributed by atoms with E-state index in [0.29, 0.717) is 21.4 Å². The van der Waals surface area contributed by atoms with Crippen molar-refractivity contribution in [3.63, 3.8) is 0 Å². The van der Waals surface area contributed by atoms with Gasteiger partial charge >= 0.3 is 0 Å².